The molecule has 55 nitrogen and oxygen atoms in total. The standard InChI is InChI=1S/C33H33FN8O5.C25H38FN8O13P.C23H34FN8O13P/c1-3-46-29-26-28(42(20-36-26)30-25(34)27(44)32(19-43,47-30)18-37-41-35)38-31(39-29)40-33(21-10-6-4-7-11-21,22-12-8-5-9-13-22)23-14-16-24(45-2)17-15-23;1-7-28-22-31-19-17(20(32-22)39-8-2)29-11-34(19)21-16(26)18(35)25(47-21,9-30-33-27)10-42-48(38,43-12-40-23(36)45-14(3)4)44-13-41-24(37)46-15(5)6;1-6-37-18-15-17(29-20(25)30-18)32(9-27-15)19-14(24)16(33)23(45-19,7-28-31-26)8-40-46(36,41-10-38-21(34)43-12(2)3)42-11-39-22(35)44-13(4)5/h4-17,20,25,27,30,43-44H,3,18-19H2,1-2H3,(H,38,39,40);11,14-16,18,21,35H,7-10,12-13H2,1-6H3,(H,28,31,32);9,12-14,16,19,33H,6-8,10-11H2,1-5H3,(H2,25,29,30)/t25-,27+,30-,32-;16-,18+,21-,25-;14-,16+,19-,23-/m111/s1/i;1T;. The van der Waals surface area contributed by atoms with E-state index in [1.54, 1.807) is 83.3 Å². The van der Waals surface area contributed by atoms with Crippen molar-refractivity contribution in [2.24, 2.45) is 15.3 Å². The van der Waals surface area contributed by atoms with Gasteiger partial charge in [0.15, 0.2) is 70.7 Å². The number of nitrogens with zero attached hydrogens (tertiary/aromatic N) is 21. The van der Waals surface area contributed by atoms with Crippen LogP contribution in [0.15, 0.2) is 119 Å². The molecule has 0 radical (unpaired) electrons. The average molecular weight is 2030 g/mol. The first-order valence-corrected chi connectivity index (χ1v) is 45.8. The largest absolute Gasteiger partial charge is 0.510 e. The molecule has 0 bridgehead atoms. The number of ether oxygens (including phenoxy) is 15. The van der Waals surface area contributed by atoms with Crippen LogP contribution >= 0.6 is 15.6 Å². The number of phosphoric ester groups is 2. The van der Waals surface area contributed by atoms with Crippen molar-refractivity contribution in [3.63, 3.8) is 0 Å². The molecule has 0 amide bonds. The summed E-state index contributed by atoms with van der Waals surface area (Å²) >= 11 is 0. The second-order valence-electron chi connectivity index (χ2n) is 31.0. The van der Waals surface area contributed by atoms with E-state index in [9.17, 15) is 48.7 Å². The highest BCUT2D eigenvalue weighted by Crippen LogP contribution is 2.55. The van der Waals surface area contributed by atoms with Gasteiger partial charge in [-0.2, -0.15) is 29.9 Å². The van der Waals surface area contributed by atoms with Crippen LogP contribution in [0.4, 0.5) is 50.2 Å². The molecular weight excluding hydrogens is 1920 g/mol. The van der Waals surface area contributed by atoms with Crippen LogP contribution in [0.1, 0.15) is 120 Å². The molecule has 3 fully saturated rings. The number of aliphatic hydroxyl groups is 4. The highest BCUT2D eigenvalue weighted by atomic mass is 31.2. The van der Waals surface area contributed by atoms with Gasteiger partial charge < -0.3 is 108 Å². The van der Waals surface area contributed by atoms with Gasteiger partial charge in [-0.05, 0) is 128 Å². The van der Waals surface area contributed by atoms with E-state index < -0.39 is 209 Å². The summed E-state index contributed by atoms with van der Waals surface area (Å²) in [5.74, 6) is 0.813. The van der Waals surface area contributed by atoms with Crippen molar-refractivity contribution in [2.75, 3.05) is 116 Å². The molecule has 141 heavy (non-hydrogen) atoms. The quantitative estimate of drug-likeness (QED) is 0.00272. The van der Waals surface area contributed by atoms with Gasteiger partial charge in [-0.15, -0.1) is 0 Å². The number of nitrogens with two attached hydrogens (primary N) is 1. The molecule has 60 heteroatoms. The van der Waals surface area contributed by atoms with Crippen molar-refractivity contribution in [3.8, 4) is 23.4 Å². The maximum Gasteiger partial charge on any atom is 0.510 e. The Balaban J connectivity index is 0.000000219. The summed E-state index contributed by atoms with van der Waals surface area (Å²) in [7, 11) is -8.21. The third-order valence-corrected chi connectivity index (χ3v) is 22.6. The van der Waals surface area contributed by atoms with Gasteiger partial charge in [-0.3, -0.25) is 22.7 Å². The average Bonchev–Trinajstić information content (AvgIpc) is 1.19. The minimum absolute atomic E-state index is 0.00334. The molecule has 0 saturated carbocycles. The molecule has 0 aliphatic carbocycles. The number of carbonyl (C=O) groups excluding carboxylic acids is 4. The molecule has 9 aromatic rings. The molecule has 3 aromatic carbocycles. The van der Waals surface area contributed by atoms with Crippen LogP contribution < -0.4 is 35.3 Å². The Labute approximate surface area is 801 Å². The summed E-state index contributed by atoms with van der Waals surface area (Å²) in [6, 6.07) is 27.3. The first-order chi connectivity index (χ1) is 67.9. The fourth-order valence-electron chi connectivity index (χ4n) is 13.8. The zero-order valence-corrected chi connectivity index (χ0v) is 79.5. The van der Waals surface area contributed by atoms with Gasteiger partial charge >= 0.3 is 40.3 Å². The third-order valence-electron chi connectivity index (χ3n) is 20.1. The topological polar surface area (TPSA) is 704 Å². The highest BCUT2D eigenvalue weighted by Gasteiger charge is 2.60. The minimum atomic E-state index is -4.92. The monoisotopic (exact) mass is 2030 g/mol. The van der Waals surface area contributed by atoms with Gasteiger partial charge in [0, 0.05) is 22.7 Å². The lowest BCUT2D eigenvalue weighted by atomic mass is 9.77. The summed E-state index contributed by atoms with van der Waals surface area (Å²) in [5, 5.41) is 59.6. The second kappa shape index (κ2) is 50.2. The normalized spacial score (nSPS) is 21.1. The summed E-state index contributed by atoms with van der Waals surface area (Å²) in [6.45, 7) is 9.32. The van der Waals surface area contributed by atoms with E-state index in [4.69, 9.17) is 122 Å². The zero-order valence-electron chi connectivity index (χ0n) is 78.7. The lowest BCUT2D eigenvalue weighted by Crippen LogP contribution is -2.48. The molecule has 3 aliphatic rings. The van der Waals surface area contributed by atoms with Crippen molar-refractivity contribution >= 4 is 91.6 Å². The minimum Gasteiger partial charge on any atom is -0.497 e. The Hall–Kier alpha value is -13.3. The number of anilines is 3. The number of alkyl halides is 3. The number of nitrogen functional groups attached to an aromatic ring is 1. The lowest BCUT2D eigenvalue weighted by Gasteiger charge is -2.37. The fraction of sp³-hybridized carbons (Fsp3) is 0.543. The first kappa shape index (κ1) is 108. The fourth-order valence-corrected chi connectivity index (χ4v) is 15.7. The number of imidazole rings is 3. The van der Waals surface area contributed by atoms with E-state index in [2.05, 4.69) is 85.1 Å². The van der Waals surface area contributed by atoms with Gasteiger partial charge in [-0.1, -0.05) is 88.1 Å². The van der Waals surface area contributed by atoms with Crippen LogP contribution in [-0.2, 0) is 93.9 Å². The van der Waals surface area contributed by atoms with Crippen LogP contribution in [0, 0.1) is 0 Å². The number of aromatic nitrogens is 12. The zero-order chi connectivity index (χ0) is 103. The van der Waals surface area contributed by atoms with Gasteiger partial charge in [0.2, 0.25) is 62.7 Å². The molecular formula is C81H105F3N24O31P2. The van der Waals surface area contributed by atoms with Crippen LogP contribution in [0.25, 0.3) is 64.8 Å². The summed E-state index contributed by atoms with van der Waals surface area (Å²) < 4.78 is 194. The Bertz CT molecular complexity index is 5870. The number of halogens is 3. The molecule has 766 valence electrons. The van der Waals surface area contributed by atoms with Crippen LogP contribution in [-0.4, -0.2) is 282 Å². The number of hydrogen-bond donors (Lipinski definition) is 7. The Morgan fingerprint density at radius 3 is 1.19 bits per heavy atom. The third kappa shape index (κ3) is 27.1. The SMILES string of the molecule is CCOc1nc(N)nc2c1ncn2[C@@H]1O[C@](CN=[N+]=[N-])(COP(=O)(OCOC(=O)OC(C)C)OCOC(=O)OC(C)C)[C@@H](O)[C@H]1F.CCOc1nc(NC(c2ccccc2)(c2ccccc2)c2ccc(OC)cc2)nc2c1ncn2[C@@H]1O[C@@](CO)(CN=[N+]=[N-])[C@@H](O)[C@H]1F.[3H]CCNc1nc(OCC)c2ncn([C@@H]3O[C@](CN=[N+]=[N-])(COP(=O)(OCOC(=O)OC(C)C)OCOC(=O)OC(C)C)[C@@H](O)[C@H]3F)c2n1. The maximum atomic E-state index is 16.0. The van der Waals surface area contributed by atoms with Gasteiger partial charge in [-0.25, -0.2) is 74.5 Å². The van der Waals surface area contributed by atoms with Crippen molar-refractivity contribution in [1.29, 1.82) is 0 Å². The van der Waals surface area contributed by atoms with E-state index in [0.717, 1.165) is 38.5 Å². The van der Waals surface area contributed by atoms with Crippen LogP contribution in [0.2, 0.25) is 0 Å². The summed E-state index contributed by atoms with van der Waals surface area (Å²) in [4.78, 5) is 93.8. The van der Waals surface area contributed by atoms with Gasteiger partial charge in [0.1, 0.15) is 46.4 Å². The van der Waals surface area contributed by atoms with Gasteiger partial charge in [0.05, 0.1) is 110 Å². The van der Waals surface area contributed by atoms with Crippen molar-refractivity contribution < 1.29 is 161 Å². The van der Waals surface area contributed by atoms with E-state index in [1.807, 2.05) is 84.9 Å². The molecule has 0 unspecified atom stereocenters. The van der Waals surface area contributed by atoms with Crippen molar-refractivity contribution in [3.05, 3.63) is 152 Å². The molecule has 6 aromatic heterocycles. The predicted molar refractivity (Wildman–Crippen MR) is 480 cm³/mol. The number of nitrogens with one attached hydrogen (secondary N) is 2. The first-order valence-electron chi connectivity index (χ1n) is 43.6. The number of methoxy groups -OCH3 is 1. The van der Waals surface area contributed by atoms with Crippen molar-refractivity contribution in [2.45, 2.75) is 185 Å². The number of azide groups is 3. The number of rotatable bonds is 46. The van der Waals surface area contributed by atoms with Gasteiger partial charge in [0.25, 0.3) is 0 Å². The predicted octanol–water partition coefficient (Wildman–Crippen LogP) is 12.3. The molecule has 9 heterocycles. The summed E-state index contributed by atoms with van der Waals surface area (Å²) in [6.07, 6.45) is -20.8. The van der Waals surface area contributed by atoms with E-state index in [-0.39, 0.29) is 102 Å². The Morgan fingerprint density at radius 1 is 0.511 bits per heavy atom. The molecule has 3 saturated heterocycles. The van der Waals surface area contributed by atoms with E-state index in [1.165, 1.54) is 10.9 Å². The van der Waals surface area contributed by atoms with Crippen molar-refractivity contribution in [1.82, 2.24) is 58.6 Å². The van der Waals surface area contributed by atoms with E-state index in [0.29, 0.717) is 5.75 Å². The number of carbonyl (C=O) groups is 4. The summed E-state index contributed by atoms with van der Waals surface area (Å²) in [5.41, 5.74) is 28.5. The van der Waals surface area contributed by atoms with Crippen LogP contribution in [0.5, 0.6) is 23.4 Å². The number of phosphoric acid groups is 2. The number of aliphatic hydroxyl groups excluding tert-OH is 4. The highest BCUT2D eigenvalue weighted by molar-refractivity contribution is 7.48. The molecule has 12 rings (SSSR count). The maximum absolute atomic E-state index is 16.0. The number of benzene rings is 3. The smallest absolute Gasteiger partial charge is 0.497 e. The number of hydrogen-bond acceptors (Lipinski definition) is 46. The Kier molecular flexibility index (Phi) is 38.4. The number of fused-ring (bicyclic) bond motifs is 3. The van der Waals surface area contributed by atoms with Crippen LogP contribution in [0.3, 0.4) is 0 Å². The molecule has 3 aliphatic heterocycles. The van der Waals surface area contributed by atoms with E-state index >= 15 is 13.2 Å². The lowest BCUT2D eigenvalue weighted by molar-refractivity contribution is -0.124. The molecule has 0 spiro atoms. The second-order valence-corrected chi connectivity index (χ2v) is 34.3. The molecule has 8 N–H and O–H groups in total. The Morgan fingerprint density at radius 2 is 0.844 bits per heavy atom. The molecule has 12 atom stereocenters.